The van der Waals surface area contributed by atoms with Gasteiger partial charge in [0.05, 0.1) is 0 Å². The van der Waals surface area contributed by atoms with Gasteiger partial charge in [-0.2, -0.15) is 0 Å². The Morgan fingerprint density at radius 2 is 1.70 bits per heavy atom. The highest BCUT2D eigenvalue weighted by Gasteiger charge is 2.10. The Bertz CT molecular complexity index is 820. The molecule has 0 bridgehead atoms. The maximum absolute atomic E-state index is 12.8. The SMILES string of the molecule is O=C(Nc1ccc(F)cc1)Nc1nnc(-c2ccc(Br)cc2)s1. The van der Waals surface area contributed by atoms with Crippen molar-refractivity contribution in [3.63, 3.8) is 0 Å². The number of amides is 2. The molecule has 0 atom stereocenters. The van der Waals surface area contributed by atoms with E-state index >= 15 is 0 Å². The van der Waals surface area contributed by atoms with E-state index in [1.54, 1.807) is 0 Å². The van der Waals surface area contributed by atoms with E-state index in [9.17, 15) is 9.18 Å². The molecule has 3 rings (SSSR count). The predicted molar refractivity (Wildman–Crippen MR) is 92.1 cm³/mol. The lowest BCUT2D eigenvalue weighted by Gasteiger charge is -2.04. The lowest BCUT2D eigenvalue weighted by molar-refractivity contribution is 0.262. The molecule has 0 aliphatic rings. The maximum atomic E-state index is 12.8. The smallest absolute Gasteiger partial charge is 0.308 e. The highest BCUT2D eigenvalue weighted by atomic mass is 79.9. The van der Waals surface area contributed by atoms with E-state index in [4.69, 9.17) is 0 Å². The van der Waals surface area contributed by atoms with Crippen LogP contribution in [0.4, 0.5) is 20.0 Å². The molecule has 0 radical (unpaired) electrons. The van der Waals surface area contributed by atoms with Gasteiger partial charge < -0.3 is 5.32 Å². The molecule has 0 aliphatic carbocycles. The van der Waals surface area contributed by atoms with Gasteiger partial charge in [-0.1, -0.05) is 39.4 Å². The van der Waals surface area contributed by atoms with Crippen molar-refractivity contribution in [3.8, 4) is 10.6 Å². The number of benzene rings is 2. The van der Waals surface area contributed by atoms with Crippen LogP contribution in [-0.2, 0) is 0 Å². The van der Waals surface area contributed by atoms with Crippen molar-refractivity contribution in [2.45, 2.75) is 0 Å². The molecular formula is C15H10BrFN4OS. The van der Waals surface area contributed by atoms with Crippen LogP contribution < -0.4 is 10.6 Å². The van der Waals surface area contributed by atoms with E-state index in [-0.39, 0.29) is 5.82 Å². The molecule has 2 N–H and O–H groups in total. The summed E-state index contributed by atoms with van der Waals surface area (Å²) in [5.41, 5.74) is 1.40. The Morgan fingerprint density at radius 1 is 1.00 bits per heavy atom. The van der Waals surface area contributed by atoms with Crippen LogP contribution in [0, 0.1) is 5.82 Å². The number of carbonyl (C=O) groups excluding carboxylic acids is 1. The van der Waals surface area contributed by atoms with E-state index in [0.717, 1.165) is 10.0 Å². The van der Waals surface area contributed by atoms with Crippen molar-refractivity contribution in [1.29, 1.82) is 0 Å². The molecule has 116 valence electrons. The number of hydrogen-bond donors (Lipinski definition) is 2. The second-order valence-corrected chi connectivity index (χ2v) is 6.40. The van der Waals surface area contributed by atoms with E-state index in [1.165, 1.54) is 35.6 Å². The summed E-state index contributed by atoms with van der Waals surface area (Å²) in [6.07, 6.45) is 0. The second-order valence-electron chi connectivity index (χ2n) is 4.51. The lowest BCUT2D eigenvalue weighted by atomic mass is 10.2. The largest absolute Gasteiger partial charge is 0.325 e. The quantitative estimate of drug-likeness (QED) is 0.675. The number of halogens is 2. The van der Waals surface area contributed by atoms with Gasteiger partial charge in [0.1, 0.15) is 10.8 Å². The average Bonchev–Trinajstić information content (AvgIpc) is 2.98. The van der Waals surface area contributed by atoms with Gasteiger partial charge >= 0.3 is 6.03 Å². The van der Waals surface area contributed by atoms with Crippen LogP contribution in [0.15, 0.2) is 53.0 Å². The monoisotopic (exact) mass is 392 g/mol. The first-order chi connectivity index (χ1) is 11.1. The Kier molecular flexibility index (Phi) is 4.63. The van der Waals surface area contributed by atoms with Gasteiger partial charge in [-0.05, 0) is 36.4 Å². The summed E-state index contributed by atoms with van der Waals surface area (Å²) < 4.78 is 13.8. The van der Waals surface area contributed by atoms with E-state index in [0.29, 0.717) is 15.8 Å². The van der Waals surface area contributed by atoms with E-state index in [2.05, 4.69) is 36.8 Å². The molecule has 2 amide bonds. The third-order valence-corrected chi connectivity index (χ3v) is 4.26. The van der Waals surface area contributed by atoms with Crippen molar-refractivity contribution < 1.29 is 9.18 Å². The number of rotatable bonds is 3. The molecule has 1 aromatic heterocycles. The van der Waals surface area contributed by atoms with Gasteiger partial charge in [0, 0.05) is 15.7 Å². The van der Waals surface area contributed by atoms with Crippen molar-refractivity contribution in [2.75, 3.05) is 10.6 Å². The van der Waals surface area contributed by atoms with Crippen molar-refractivity contribution in [1.82, 2.24) is 10.2 Å². The first kappa shape index (κ1) is 15.6. The molecule has 8 heteroatoms. The normalized spacial score (nSPS) is 10.3. The third-order valence-electron chi connectivity index (χ3n) is 2.84. The Morgan fingerprint density at radius 3 is 2.39 bits per heavy atom. The Hall–Kier alpha value is -2.32. The molecule has 0 saturated carbocycles. The van der Waals surface area contributed by atoms with Gasteiger partial charge in [0.15, 0.2) is 0 Å². The van der Waals surface area contributed by atoms with Gasteiger partial charge in [0.2, 0.25) is 5.13 Å². The van der Waals surface area contributed by atoms with Gasteiger partial charge in [0.25, 0.3) is 0 Å². The molecule has 0 aliphatic heterocycles. The fourth-order valence-electron chi connectivity index (χ4n) is 1.78. The number of nitrogens with zero attached hydrogens (tertiary/aromatic N) is 2. The fourth-order valence-corrected chi connectivity index (χ4v) is 2.78. The molecule has 2 aromatic carbocycles. The first-order valence-corrected chi connectivity index (χ1v) is 8.14. The minimum atomic E-state index is -0.463. The Labute approximate surface area is 143 Å². The molecule has 23 heavy (non-hydrogen) atoms. The summed E-state index contributed by atoms with van der Waals surface area (Å²) in [5.74, 6) is -0.362. The molecule has 5 nitrogen and oxygen atoms in total. The fraction of sp³-hybridized carbons (Fsp3) is 0. The minimum absolute atomic E-state index is 0.362. The van der Waals surface area contributed by atoms with Crippen molar-refractivity contribution in [2.24, 2.45) is 0 Å². The molecule has 0 spiro atoms. The number of aromatic nitrogens is 2. The van der Waals surface area contributed by atoms with E-state index in [1.807, 2.05) is 24.3 Å². The summed E-state index contributed by atoms with van der Waals surface area (Å²) in [5, 5.41) is 14.3. The minimum Gasteiger partial charge on any atom is -0.308 e. The van der Waals surface area contributed by atoms with Crippen LogP contribution in [0.3, 0.4) is 0 Å². The standard InChI is InChI=1S/C15H10BrFN4OS/c16-10-3-1-9(2-4-10)13-20-21-15(23-13)19-14(22)18-12-7-5-11(17)6-8-12/h1-8H,(H2,18,19,21,22). The number of nitrogens with one attached hydrogen (secondary N) is 2. The molecule has 1 heterocycles. The number of carbonyl (C=O) groups is 1. The number of anilines is 2. The van der Waals surface area contributed by atoms with Crippen LogP contribution >= 0.6 is 27.3 Å². The Balaban J connectivity index is 1.65. The van der Waals surface area contributed by atoms with Crippen LogP contribution in [0.2, 0.25) is 0 Å². The molecule has 3 aromatic rings. The van der Waals surface area contributed by atoms with Crippen molar-refractivity contribution >= 4 is 44.1 Å². The summed E-state index contributed by atoms with van der Waals surface area (Å²) in [6, 6.07) is 12.7. The summed E-state index contributed by atoms with van der Waals surface area (Å²) in [7, 11) is 0. The van der Waals surface area contributed by atoms with Gasteiger partial charge in [-0.3, -0.25) is 5.32 Å². The summed E-state index contributed by atoms with van der Waals surface area (Å²) in [4.78, 5) is 11.9. The first-order valence-electron chi connectivity index (χ1n) is 6.53. The predicted octanol–water partition coefficient (Wildman–Crippen LogP) is 4.75. The maximum Gasteiger partial charge on any atom is 0.325 e. The topological polar surface area (TPSA) is 66.9 Å². The average molecular weight is 393 g/mol. The number of urea groups is 1. The zero-order chi connectivity index (χ0) is 16.2. The lowest BCUT2D eigenvalue weighted by Crippen LogP contribution is -2.19. The van der Waals surface area contributed by atoms with Crippen LogP contribution in [-0.4, -0.2) is 16.2 Å². The zero-order valence-corrected chi connectivity index (χ0v) is 14.0. The molecule has 0 unspecified atom stereocenters. The van der Waals surface area contributed by atoms with Gasteiger partial charge in [-0.15, -0.1) is 10.2 Å². The highest BCUT2D eigenvalue weighted by Crippen LogP contribution is 2.27. The van der Waals surface area contributed by atoms with Gasteiger partial charge in [-0.25, -0.2) is 9.18 Å². The van der Waals surface area contributed by atoms with Crippen LogP contribution in [0.5, 0.6) is 0 Å². The van der Waals surface area contributed by atoms with Crippen molar-refractivity contribution in [3.05, 3.63) is 58.8 Å². The zero-order valence-electron chi connectivity index (χ0n) is 11.6. The molecular weight excluding hydrogens is 383 g/mol. The highest BCUT2D eigenvalue weighted by molar-refractivity contribution is 9.10. The second kappa shape index (κ2) is 6.84. The molecule has 0 saturated heterocycles. The van der Waals surface area contributed by atoms with Crippen LogP contribution in [0.25, 0.3) is 10.6 Å². The molecule has 0 fully saturated rings. The third kappa shape index (κ3) is 4.11. The van der Waals surface area contributed by atoms with E-state index < -0.39 is 6.03 Å². The summed E-state index contributed by atoms with van der Waals surface area (Å²) >= 11 is 4.63. The van der Waals surface area contributed by atoms with Crippen LogP contribution in [0.1, 0.15) is 0 Å². The number of hydrogen-bond acceptors (Lipinski definition) is 4. The summed E-state index contributed by atoms with van der Waals surface area (Å²) in [6.45, 7) is 0.